The molecule has 3 N–H and O–H groups in total. The van der Waals surface area contributed by atoms with Gasteiger partial charge in [0.25, 0.3) is 0 Å². The standard InChI is InChI=1S/C19H18N6O2/c1-12-4-3-5-14(8-12)25-19(23-18(20)24-25)22-13-6-7-15(16(9-13)26-2)17-10-21-11-27-17/h3-11H,1-2H3,(H3,20,22,23,24). The number of nitrogens with two attached hydrogens (primary N) is 1. The van der Waals surface area contributed by atoms with Crippen LogP contribution in [-0.2, 0) is 0 Å². The van der Waals surface area contributed by atoms with Gasteiger partial charge in [-0.3, -0.25) is 0 Å². The van der Waals surface area contributed by atoms with E-state index < -0.39 is 0 Å². The Morgan fingerprint density at radius 3 is 2.81 bits per heavy atom. The Labute approximate surface area is 155 Å². The first-order valence-corrected chi connectivity index (χ1v) is 8.27. The Bertz CT molecular complexity index is 1070. The number of benzene rings is 2. The van der Waals surface area contributed by atoms with Crippen LogP contribution >= 0.6 is 0 Å². The third kappa shape index (κ3) is 3.32. The summed E-state index contributed by atoms with van der Waals surface area (Å²) in [6, 6.07) is 13.6. The lowest BCUT2D eigenvalue weighted by Gasteiger charge is -2.11. The van der Waals surface area contributed by atoms with Crippen molar-refractivity contribution < 1.29 is 9.15 Å². The lowest BCUT2D eigenvalue weighted by molar-refractivity contribution is 0.415. The summed E-state index contributed by atoms with van der Waals surface area (Å²) in [6.45, 7) is 2.02. The van der Waals surface area contributed by atoms with Crippen LogP contribution in [0.5, 0.6) is 5.75 Å². The maximum atomic E-state index is 5.83. The molecule has 0 amide bonds. The number of anilines is 3. The van der Waals surface area contributed by atoms with Crippen molar-refractivity contribution in [2.24, 2.45) is 0 Å². The summed E-state index contributed by atoms with van der Waals surface area (Å²) in [6.07, 6.45) is 3.02. The lowest BCUT2D eigenvalue weighted by Crippen LogP contribution is -2.04. The first-order valence-electron chi connectivity index (χ1n) is 8.27. The van der Waals surface area contributed by atoms with Gasteiger partial charge in [0.1, 0.15) is 5.75 Å². The fraction of sp³-hybridized carbons (Fsp3) is 0.105. The number of nitrogen functional groups attached to an aromatic ring is 1. The van der Waals surface area contributed by atoms with Crippen molar-refractivity contribution in [3.05, 3.63) is 60.6 Å². The molecule has 27 heavy (non-hydrogen) atoms. The van der Waals surface area contributed by atoms with E-state index in [1.165, 1.54) is 6.39 Å². The molecule has 2 heterocycles. The molecule has 8 heteroatoms. The van der Waals surface area contributed by atoms with Gasteiger partial charge in [-0.15, -0.1) is 5.10 Å². The van der Waals surface area contributed by atoms with Crippen LogP contribution < -0.4 is 15.8 Å². The normalized spacial score (nSPS) is 10.7. The van der Waals surface area contributed by atoms with Crippen LogP contribution in [0.1, 0.15) is 5.56 Å². The molecule has 2 aromatic carbocycles. The van der Waals surface area contributed by atoms with E-state index in [1.54, 1.807) is 18.0 Å². The van der Waals surface area contributed by atoms with E-state index in [0.717, 1.165) is 22.5 Å². The van der Waals surface area contributed by atoms with Gasteiger partial charge in [0.05, 0.1) is 24.6 Å². The number of hydrogen-bond donors (Lipinski definition) is 2. The molecule has 0 aliphatic carbocycles. The molecule has 0 fully saturated rings. The molecule has 0 aliphatic rings. The molecule has 0 spiro atoms. The number of methoxy groups -OCH3 is 1. The van der Waals surface area contributed by atoms with Gasteiger partial charge in [-0.1, -0.05) is 12.1 Å². The van der Waals surface area contributed by atoms with E-state index in [-0.39, 0.29) is 5.95 Å². The van der Waals surface area contributed by atoms with Crippen LogP contribution in [0.15, 0.2) is 59.5 Å². The van der Waals surface area contributed by atoms with Crippen LogP contribution in [0.2, 0.25) is 0 Å². The second-order valence-electron chi connectivity index (χ2n) is 5.95. The molecule has 4 rings (SSSR count). The second kappa shape index (κ2) is 6.83. The predicted octanol–water partition coefficient (Wildman–Crippen LogP) is 3.57. The number of oxazole rings is 1. The highest BCUT2D eigenvalue weighted by molar-refractivity contribution is 5.71. The number of aryl methyl sites for hydroxylation is 1. The van der Waals surface area contributed by atoms with Gasteiger partial charge in [0, 0.05) is 11.8 Å². The number of nitrogens with one attached hydrogen (secondary N) is 1. The second-order valence-corrected chi connectivity index (χ2v) is 5.95. The van der Waals surface area contributed by atoms with Gasteiger partial charge in [-0.05, 0) is 36.8 Å². The molecular weight excluding hydrogens is 344 g/mol. The summed E-state index contributed by atoms with van der Waals surface area (Å²) in [7, 11) is 1.60. The smallest absolute Gasteiger partial charge is 0.241 e. The minimum absolute atomic E-state index is 0.184. The number of aromatic nitrogens is 4. The van der Waals surface area contributed by atoms with E-state index in [1.807, 2.05) is 49.4 Å². The Balaban J connectivity index is 1.69. The minimum Gasteiger partial charge on any atom is -0.496 e. The molecule has 0 aliphatic heterocycles. The molecule has 8 nitrogen and oxygen atoms in total. The Kier molecular flexibility index (Phi) is 4.21. The van der Waals surface area contributed by atoms with Crippen LogP contribution in [0.4, 0.5) is 17.6 Å². The number of nitrogens with zero attached hydrogens (tertiary/aromatic N) is 4. The van der Waals surface area contributed by atoms with Crippen LogP contribution in [-0.4, -0.2) is 26.9 Å². The van der Waals surface area contributed by atoms with Crippen molar-refractivity contribution in [1.29, 1.82) is 0 Å². The zero-order valence-corrected chi connectivity index (χ0v) is 14.9. The minimum atomic E-state index is 0.184. The molecule has 0 atom stereocenters. The Morgan fingerprint density at radius 1 is 1.19 bits per heavy atom. The van der Waals surface area contributed by atoms with Crippen molar-refractivity contribution in [3.63, 3.8) is 0 Å². The highest BCUT2D eigenvalue weighted by Gasteiger charge is 2.13. The zero-order valence-electron chi connectivity index (χ0n) is 14.9. The largest absolute Gasteiger partial charge is 0.496 e. The number of hydrogen-bond acceptors (Lipinski definition) is 7. The quantitative estimate of drug-likeness (QED) is 0.559. The number of rotatable bonds is 5. The molecular formula is C19H18N6O2. The Hall–Kier alpha value is -3.81. The maximum Gasteiger partial charge on any atom is 0.241 e. The maximum absolute atomic E-state index is 5.83. The van der Waals surface area contributed by atoms with Gasteiger partial charge >= 0.3 is 0 Å². The molecule has 4 aromatic rings. The average Bonchev–Trinajstić information content (AvgIpc) is 3.31. The topological polar surface area (TPSA) is 104 Å². The van der Waals surface area contributed by atoms with Crippen molar-refractivity contribution in [2.45, 2.75) is 6.92 Å². The van der Waals surface area contributed by atoms with E-state index in [4.69, 9.17) is 14.9 Å². The molecule has 0 radical (unpaired) electrons. The first-order chi connectivity index (χ1) is 13.1. The highest BCUT2D eigenvalue weighted by Crippen LogP contribution is 2.33. The van der Waals surface area contributed by atoms with Gasteiger partial charge < -0.3 is 20.2 Å². The van der Waals surface area contributed by atoms with Crippen LogP contribution in [0.3, 0.4) is 0 Å². The van der Waals surface area contributed by atoms with Crippen molar-refractivity contribution in [2.75, 3.05) is 18.2 Å². The fourth-order valence-electron chi connectivity index (χ4n) is 2.80. The highest BCUT2D eigenvalue weighted by atomic mass is 16.5. The van der Waals surface area contributed by atoms with E-state index in [0.29, 0.717) is 17.5 Å². The predicted molar refractivity (Wildman–Crippen MR) is 102 cm³/mol. The van der Waals surface area contributed by atoms with Crippen LogP contribution in [0.25, 0.3) is 17.0 Å². The van der Waals surface area contributed by atoms with Crippen molar-refractivity contribution in [3.8, 4) is 22.8 Å². The molecule has 2 aromatic heterocycles. The molecule has 0 saturated carbocycles. The number of ether oxygens (including phenoxy) is 1. The van der Waals surface area contributed by atoms with Crippen LogP contribution in [0, 0.1) is 6.92 Å². The molecule has 0 saturated heterocycles. The molecule has 0 unspecified atom stereocenters. The fourth-order valence-corrected chi connectivity index (χ4v) is 2.80. The van der Waals surface area contributed by atoms with E-state index in [9.17, 15) is 0 Å². The van der Waals surface area contributed by atoms with E-state index >= 15 is 0 Å². The van der Waals surface area contributed by atoms with Gasteiger partial charge in [-0.2, -0.15) is 9.67 Å². The average molecular weight is 362 g/mol. The summed E-state index contributed by atoms with van der Waals surface area (Å²) in [4.78, 5) is 8.23. The SMILES string of the molecule is COc1cc(Nc2nc(N)nn2-c2cccc(C)c2)ccc1-c1cnco1. The zero-order chi connectivity index (χ0) is 18.8. The lowest BCUT2D eigenvalue weighted by atomic mass is 10.1. The first kappa shape index (κ1) is 16.6. The van der Waals surface area contributed by atoms with Gasteiger partial charge in [-0.25, -0.2) is 4.98 Å². The van der Waals surface area contributed by atoms with Gasteiger partial charge in [0.15, 0.2) is 12.2 Å². The third-order valence-electron chi connectivity index (χ3n) is 4.03. The van der Waals surface area contributed by atoms with Crippen molar-refractivity contribution >= 4 is 17.6 Å². The summed E-state index contributed by atoms with van der Waals surface area (Å²) in [5.41, 5.74) is 9.39. The third-order valence-corrected chi connectivity index (χ3v) is 4.03. The summed E-state index contributed by atoms with van der Waals surface area (Å²) < 4.78 is 12.5. The summed E-state index contributed by atoms with van der Waals surface area (Å²) in [5.74, 6) is 1.97. The summed E-state index contributed by atoms with van der Waals surface area (Å²) >= 11 is 0. The summed E-state index contributed by atoms with van der Waals surface area (Å²) in [5, 5.41) is 7.53. The van der Waals surface area contributed by atoms with Gasteiger partial charge in [0.2, 0.25) is 11.9 Å². The molecule has 0 bridgehead atoms. The van der Waals surface area contributed by atoms with Crippen molar-refractivity contribution in [1.82, 2.24) is 19.7 Å². The molecule has 136 valence electrons. The van der Waals surface area contributed by atoms with E-state index in [2.05, 4.69) is 20.4 Å². The monoisotopic (exact) mass is 362 g/mol. The Morgan fingerprint density at radius 2 is 2.07 bits per heavy atom.